The lowest BCUT2D eigenvalue weighted by Crippen LogP contribution is -2.17. The highest BCUT2D eigenvalue weighted by Gasteiger charge is 2.18. The van der Waals surface area contributed by atoms with Gasteiger partial charge >= 0.3 is 0 Å². The number of amidine groups is 1. The Kier molecular flexibility index (Phi) is 4.77. The van der Waals surface area contributed by atoms with E-state index in [1.807, 2.05) is 30.3 Å². The second kappa shape index (κ2) is 7.53. The number of benzene rings is 2. The van der Waals surface area contributed by atoms with Crippen LogP contribution in [-0.2, 0) is 6.54 Å². The van der Waals surface area contributed by atoms with Crippen molar-refractivity contribution >= 4 is 23.1 Å². The first kappa shape index (κ1) is 17.7. The molecular weight excluding hydrogens is 387 g/mol. The molecule has 4 aromatic rings. The average Bonchev–Trinajstić information content (AvgIpc) is 3.35. The van der Waals surface area contributed by atoms with Gasteiger partial charge < -0.3 is 5.73 Å². The maximum absolute atomic E-state index is 13.3. The van der Waals surface area contributed by atoms with Gasteiger partial charge in [-0.3, -0.25) is 0 Å². The number of aromatic nitrogens is 6. The molecule has 0 atom stereocenters. The van der Waals surface area contributed by atoms with E-state index in [1.54, 1.807) is 4.68 Å². The van der Waals surface area contributed by atoms with Gasteiger partial charge in [0.05, 0.1) is 17.3 Å². The van der Waals surface area contributed by atoms with Crippen LogP contribution in [-0.4, -0.2) is 36.4 Å². The third-order valence-corrected chi connectivity index (χ3v) is 4.10. The molecule has 9 nitrogen and oxygen atoms in total. The molecule has 2 aromatic carbocycles. The number of rotatable bonds is 5. The fourth-order valence-corrected chi connectivity index (χ4v) is 2.67. The molecule has 0 amide bonds. The number of nitrogens with two attached hydrogens (primary N) is 1. The van der Waals surface area contributed by atoms with Crippen LogP contribution in [0.2, 0.25) is 5.02 Å². The Balaban J connectivity index is 1.63. The minimum Gasteiger partial charge on any atom is -0.382 e. The van der Waals surface area contributed by atoms with Gasteiger partial charge in [-0.05, 0) is 33.8 Å². The molecule has 11 heteroatoms. The number of hydrogen-bond donors (Lipinski definition) is 1. The lowest BCUT2D eigenvalue weighted by molar-refractivity contribution is 0.301. The summed E-state index contributed by atoms with van der Waals surface area (Å²) in [7, 11) is 0. The predicted octanol–water partition coefficient (Wildman–Crippen LogP) is 2.60. The molecule has 28 heavy (non-hydrogen) atoms. The summed E-state index contributed by atoms with van der Waals surface area (Å²) in [6.07, 6.45) is 0. The molecule has 0 aliphatic heterocycles. The van der Waals surface area contributed by atoms with Crippen molar-refractivity contribution in [3.8, 4) is 11.4 Å². The Bertz CT molecular complexity index is 1140. The molecule has 2 aromatic heterocycles. The summed E-state index contributed by atoms with van der Waals surface area (Å²) in [5.74, 6) is 0.0405. The number of nitrogens with zero attached hydrogens (tertiary/aromatic N) is 7. The SMILES string of the molecule is NC(=Nc1ccc(F)c(Cl)c1)c1nonc1Cn1nnnc1-c1ccccc1. The molecule has 0 aliphatic rings. The molecule has 0 saturated heterocycles. The number of tetrazole rings is 1. The summed E-state index contributed by atoms with van der Waals surface area (Å²) in [5.41, 5.74) is 7.85. The first-order valence-electron chi connectivity index (χ1n) is 8.04. The van der Waals surface area contributed by atoms with Gasteiger partial charge in [0.1, 0.15) is 11.5 Å². The average molecular weight is 399 g/mol. The monoisotopic (exact) mass is 398 g/mol. The van der Waals surface area contributed by atoms with Crippen molar-refractivity contribution in [2.45, 2.75) is 6.54 Å². The normalized spacial score (nSPS) is 11.7. The van der Waals surface area contributed by atoms with E-state index in [4.69, 9.17) is 22.0 Å². The molecule has 0 saturated carbocycles. The Morgan fingerprint density at radius 2 is 2.00 bits per heavy atom. The number of aliphatic imine (C=N–C) groups is 1. The molecule has 0 radical (unpaired) electrons. The molecule has 0 spiro atoms. The zero-order valence-electron chi connectivity index (χ0n) is 14.2. The van der Waals surface area contributed by atoms with Gasteiger partial charge in [0, 0.05) is 5.56 Å². The fourth-order valence-electron chi connectivity index (χ4n) is 2.50. The van der Waals surface area contributed by atoms with E-state index in [1.165, 1.54) is 18.2 Å². The van der Waals surface area contributed by atoms with Gasteiger partial charge in [-0.2, -0.15) is 0 Å². The summed E-state index contributed by atoms with van der Waals surface area (Å²) < 4.78 is 19.6. The van der Waals surface area contributed by atoms with Crippen LogP contribution in [0.25, 0.3) is 11.4 Å². The third-order valence-electron chi connectivity index (χ3n) is 3.82. The largest absolute Gasteiger partial charge is 0.382 e. The molecule has 4 rings (SSSR count). The zero-order valence-corrected chi connectivity index (χ0v) is 15.0. The van der Waals surface area contributed by atoms with E-state index < -0.39 is 5.82 Å². The van der Waals surface area contributed by atoms with E-state index in [0.717, 1.165) is 5.56 Å². The van der Waals surface area contributed by atoms with Gasteiger partial charge in [-0.15, -0.1) is 5.10 Å². The van der Waals surface area contributed by atoms with E-state index in [2.05, 4.69) is 30.8 Å². The lowest BCUT2D eigenvalue weighted by Gasteiger charge is -2.04. The Morgan fingerprint density at radius 1 is 1.18 bits per heavy atom. The van der Waals surface area contributed by atoms with Gasteiger partial charge in [-0.1, -0.05) is 47.1 Å². The summed E-state index contributed by atoms with van der Waals surface area (Å²) in [5, 5.41) is 19.3. The molecular formula is C17H12ClFN8O. The molecule has 0 aliphatic carbocycles. The second-order valence-corrected chi connectivity index (χ2v) is 6.09. The summed E-state index contributed by atoms with van der Waals surface area (Å²) in [6, 6.07) is 13.4. The quantitative estimate of drug-likeness (QED) is 0.405. The minimum absolute atomic E-state index is 0.0354. The second-order valence-electron chi connectivity index (χ2n) is 5.68. The molecule has 2 N–H and O–H groups in total. The molecule has 0 fully saturated rings. The Labute approximate surface area is 162 Å². The van der Waals surface area contributed by atoms with Gasteiger partial charge in [0.15, 0.2) is 17.4 Å². The van der Waals surface area contributed by atoms with E-state index >= 15 is 0 Å². The van der Waals surface area contributed by atoms with Crippen LogP contribution >= 0.6 is 11.6 Å². The fraction of sp³-hybridized carbons (Fsp3) is 0.0588. The Hall–Kier alpha value is -3.66. The van der Waals surface area contributed by atoms with Crippen LogP contribution in [0.15, 0.2) is 58.2 Å². The van der Waals surface area contributed by atoms with Crippen molar-refractivity contribution in [3.63, 3.8) is 0 Å². The number of hydrogen-bond acceptors (Lipinski definition) is 7. The summed E-state index contributed by atoms with van der Waals surface area (Å²) >= 11 is 5.77. The van der Waals surface area contributed by atoms with Crippen LogP contribution in [0.3, 0.4) is 0 Å². The maximum atomic E-state index is 13.3. The van der Waals surface area contributed by atoms with Crippen molar-refractivity contribution < 1.29 is 9.02 Å². The van der Waals surface area contributed by atoms with Crippen molar-refractivity contribution in [1.29, 1.82) is 0 Å². The van der Waals surface area contributed by atoms with Crippen molar-refractivity contribution in [2.24, 2.45) is 10.7 Å². The van der Waals surface area contributed by atoms with Crippen LogP contribution in [0, 0.1) is 5.82 Å². The van der Waals surface area contributed by atoms with Crippen LogP contribution in [0.5, 0.6) is 0 Å². The zero-order chi connectivity index (χ0) is 19.5. The first-order chi connectivity index (χ1) is 13.6. The van der Waals surface area contributed by atoms with Crippen molar-refractivity contribution in [2.75, 3.05) is 0 Å². The minimum atomic E-state index is -0.546. The first-order valence-corrected chi connectivity index (χ1v) is 8.42. The van der Waals surface area contributed by atoms with Crippen molar-refractivity contribution in [3.05, 3.63) is 70.8 Å². The van der Waals surface area contributed by atoms with E-state index in [9.17, 15) is 4.39 Å². The predicted molar refractivity (Wildman–Crippen MR) is 98.4 cm³/mol. The summed E-state index contributed by atoms with van der Waals surface area (Å²) in [6.45, 7) is 0.163. The standard InChI is InChI=1S/C17H12ClFN8O/c18-12-8-11(6-7-13(12)19)21-16(20)15-14(23-28-24-15)9-27-17(22-25-26-27)10-4-2-1-3-5-10/h1-8H,9H2,(H2,20,21). The van der Waals surface area contributed by atoms with Crippen LogP contribution < -0.4 is 5.73 Å². The van der Waals surface area contributed by atoms with Gasteiger partial charge in [0.25, 0.3) is 0 Å². The highest BCUT2D eigenvalue weighted by molar-refractivity contribution is 6.31. The third kappa shape index (κ3) is 3.58. The van der Waals surface area contributed by atoms with E-state index in [-0.39, 0.29) is 23.1 Å². The van der Waals surface area contributed by atoms with E-state index in [0.29, 0.717) is 17.2 Å². The van der Waals surface area contributed by atoms with Crippen LogP contribution in [0.4, 0.5) is 10.1 Å². The maximum Gasteiger partial charge on any atom is 0.182 e. The topological polar surface area (TPSA) is 121 Å². The molecule has 2 heterocycles. The van der Waals surface area contributed by atoms with Crippen molar-refractivity contribution in [1.82, 2.24) is 30.5 Å². The summed E-state index contributed by atoms with van der Waals surface area (Å²) in [4.78, 5) is 4.19. The van der Waals surface area contributed by atoms with Gasteiger partial charge in [-0.25, -0.2) is 18.7 Å². The Morgan fingerprint density at radius 3 is 2.79 bits per heavy atom. The van der Waals surface area contributed by atoms with Gasteiger partial charge in [0.2, 0.25) is 0 Å². The number of halogens is 2. The molecule has 140 valence electrons. The highest BCUT2D eigenvalue weighted by atomic mass is 35.5. The molecule has 0 unspecified atom stereocenters. The highest BCUT2D eigenvalue weighted by Crippen LogP contribution is 2.22. The lowest BCUT2D eigenvalue weighted by atomic mass is 10.2. The smallest absolute Gasteiger partial charge is 0.182 e. The van der Waals surface area contributed by atoms with Crippen LogP contribution in [0.1, 0.15) is 11.4 Å². The molecule has 0 bridgehead atoms.